The van der Waals surface area contributed by atoms with E-state index in [0.717, 1.165) is 0 Å². The minimum absolute atomic E-state index is 0.0991. The second-order valence-electron chi connectivity index (χ2n) is 4.56. The van der Waals surface area contributed by atoms with Crippen LogP contribution < -0.4 is 5.73 Å². The smallest absolute Gasteiger partial charge is 0.246 e. The molecule has 8 nitrogen and oxygen atoms in total. The van der Waals surface area contributed by atoms with Crippen LogP contribution in [-0.4, -0.2) is 66.4 Å². The van der Waals surface area contributed by atoms with Gasteiger partial charge in [0.1, 0.15) is 10.7 Å². The summed E-state index contributed by atoms with van der Waals surface area (Å²) >= 11 is 0. The summed E-state index contributed by atoms with van der Waals surface area (Å²) in [5, 5.41) is 13.6. The Morgan fingerprint density at radius 1 is 1.47 bits per heavy atom. The van der Waals surface area contributed by atoms with Crippen LogP contribution in [0.1, 0.15) is 5.69 Å². The molecule has 0 radical (unpaired) electrons. The minimum Gasteiger partial charge on any atom is -0.387 e. The maximum atomic E-state index is 12.4. The summed E-state index contributed by atoms with van der Waals surface area (Å²) in [4.78, 5) is 2.20. The summed E-state index contributed by atoms with van der Waals surface area (Å²) in [6.07, 6.45) is 1.34. The molecule has 1 aromatic rings. The molecule has 9 heteroatoms. The lowest BCUT2D eigenvalue weighted by atomic mass is 10.3. The first kappa shape index (κ1) is 14.0. The van der Waals surface area contributed by atoms with Gasteiger partial charge in [-0.25, -0.2) is 8.42 Å². The molecule has 0 bridgehead atoms. The normalized spacial score (nSPS) is 18.6. The third-order valence-corrected chi connectivity index (χ3v) is 5.14. The minimum atomic E-state index is -3.47. The summed E-state index contributed by atoms with van der Waals surface area (Å²) in [7, 11) is -3.47. The van der Waals surface area contributed by atoms with E-state index in [0.29, 0.717) is 38.4 Å². The van der Waals surface area contributed by atoms with Gasteiger partial charge in [0.25, 0.3) is 0 Å². The van der Waals surface area contributed by atoms with Crippen molar-refractivity contribution in [3.8, 4) is 0 Å². The molecule has 0 spiro atoms. The Kier molecular flexibility index (Phi) is 3.88. The number of nitrogens with zero attached hydrogens (tertiary/aromatic N) is 3. The molecule has 0 atom stereocenters. The standard InChI is InChI=1S/C10H18N6O2S/c1-8-9(6-13-14-8)19(17,18)16-4-2-15(3-5-16)7-10(11)12/h6H,2-5,7H2,1H3,(H3,11,12)(H,13,14). The highest BCUT2D eigenvalue weighted by atomic mass is 32.2. The summed E-state index contributed by atoms with van der Waals surface area (Å²) < 4.78 is 26.2. The number of aromatic nitrogens is 2. The van der Waals surface area contributed by atoms with Gasteiger partial charge in [-0.05, 0) is 6.92 Å². The highest BCUT2D eigenvalue weighted by Gasteiger charge is 2.30. The fraction of sp³-hybridized carbons (Fsp3) is 0.600. The van der Waals surface area contributed by atoms with Crippen LogP contribution in [0.4, 0.5) is 0 Å². The Labute approximate surface area is 112 Å². The Morgan fingerprint density at radius 2 is 2.11 bits per heavy atom. The second kappa shape index (κ2) is 5.27. The number of aryl methyl sites for hydroxylation is 1. The maximum absolute atomic E-state index is 12.4. The Morgan fingerprint density at radius 3 is 2.58 bits per heavy atom. The van der Waals surface area contributed by atoms with Crippen molar-refractivity contribution in [3.05, 3.63) is 11.9 Å². The highest BCUT2D eigenvalue weighted by Crippen LogP contribution is 2.19. The lowest BCUT2D eigenvalue weighted by Gasteiger charge is -2.33. The fourth-order valence-corrected chi connectivity index (χ4v) is 3.65. The van der Waals surface area contributed by atoms with Gasteiger partial charge in [0, 0.05) is 26.2 Å². The Hall–Kier alpha value is -1.45. The van der Waals surface area contributed by atoms with E-state index in [1.807, 2.05) is 4.90 Å². The molecule has 0 unspecified atom stereocenters. The molecule has 1 aliphatic rings. The predicted molar refractivity (Wildman–Crippen MR) is 70.4 cm³/mol. The molecule has 1 saturated heterocycles. The van der Waals surface area contributed by atoms with Crippen molar-refractivity contribution in [3.63, 3.8) is 0 Å². The molecule has 106 valence electrons. The van der Waals surface area contributed by atoms with Crippen LogP contribution in [0, 0.1) is 12.3 Å². The maximum Gasteiger partial charge on any atom is 0.246 e. The van der Waals surface area contributed by atoms with Gasteiger partial charge in [-0.15, -0.1) is 0 Å². The van der Waals surface area contributed by atoms with Gasteiger partial charge in [0.15, 0.2) is 0 Å². The third-order valence-electron chi connectivity index (χ3n) is 3.13. The molecular formula is C10H18N6O2S. The van der Waals surface area contributed by atoms with Crippen molar-refractivity contribution in [2.75, 3.05) is 32.7 Å². The van der Waals surface area contributed by atoms with E-state index >= 15 is 0 Å². The van der Waals surface area contributed by atoms with E-state index in [2.05, 4.69) is 10.2 Å². The second-order valence-corrected chi connectivity index (χ2v) is 6.47. The molecule has 19 heavy (non-hydrogen) atoms. The Balaban J connectivity index is 2.05. The zero-order valence-electron chi connectivity index (χ0n) is 10.8. The first-order chi connectivity index (χ1) is 8.91. The summed E-state index contributed by atoms with van der Waals surface area (Å²) in [6, 6.07) is 0. The van der Waals surface area contributed by atoms with E-state index < -0.39 is 10.0 Å². The quantitative estimate of drug-likeness (QED) is 0.482. The van der Waals surface area contributed by atoms with Crippen molar-refractivity contribution >= 4 is 15.9 Å². The Bertz CT molecular complexity index is 558. The molecular weight excluding hydrogens is 268 g/mol. The van der Waals surface area contributed by atoms with E-state index in [1.54, 1.807) is 6.92 Å². The third kappa shape index (κ3) is 2.94. The molecule has 2 rings (SSSR count). The van der Waals surface area contributed by atoms with Crippen molar-refractivity contribution < 1.29 is 8.42 Å². The number of hydrogen-bond acceptors (Lipinski definition) is 5. The summed E-state index contributed by atoms with van der Waals surface area (Å²) in [5.41, 5.74) is 5.89. The van der Waals surface area contributed by atoms with Crippen LogP contribution in [0.25, 0.3) is 0 Å². The lowest BCUT2D eigenvalue weighted by Crippen LogP contribution is -2.50. The van der Waals surface area contributed by atoms with Gasteiger partial charge in [-0.1, -0.05) is 0 Å². The van der Waals surface area contributed by atoms with Crippen molar-refractivity contribution in [1.29, 1.82) is 5.41 Å². The van der Waals surface area contributed by atoms with Crippen LogP contribution >= 0.6 is 0 Å². The molecule has 1 aromatic heterocycles. The van der Waals surface area contributed by atoms with Gasteiger partial charge in [-0.3, -0.25) is 15.4 Å². The number of aromatic amines is 1. The van der Waals surface area contributed by atoms with Crippen molar-refractivity contribution in [2.45, 2.75) is 11.8 Å². The number of nitrogens with one attached hydrogen (secondary N) is 2. The molecule has 1 aliphatic heterocycles. The van der Waals surface area contributed by atoms with Gasteiger partial charge >= 0.3 is 0 Å². The average molecular weight is 286 g/mol. The number of sulfonamides is 1. The number of piperazine rings is 1. The lowest BCUT2D eigenvalue weighted by molar-refractivity contribution is 0.208. The molecule has 0 aliphatic carbocycles. The average Bonchev–Trinajstić information content (AvgIpc) is 2.76. The molecule has 4 N–H and O–H groups in total. The first-order valence-corrected chi connectivity index (χ1v) is 7.40. The number of rotatable bonds is 4. The zero-order valence-corrected chi connectivity index (χ0v) is 11.6. The number of H-pyrrole nitrogens is 1. The fourth-order valence-electron chi connectivity index (χ4n) is 2.11. The van der Waals surface area contributed by atoms with Crippen molar-refractivity contribution in [2.24, 2.45) is 5.73 Å². The van der Waals surface area contributed by atoms with Crippen LogP contribution in [0.15, 0.2) is 11.1 Å². The van der Waals surface area contributed by atoms with Gasteiger partial charge in [0.05, 0.1) is 18.4 Å². The van der Waals surface area contributed by atoms with Crippen LogP contribution in [0.3, 0.4) is 0 Å². The largest absolute Gasteiger partial charge is 0.387 e. The van der Waals surface area contributed by atoms with Crippen LogP contribution in [0.5, 0.6) is 0 Å². The van der Waals surface area contributed by atoms with E-state index in [1.165, 1.54) is 10.5 Å². The first-order valence-electron chi connectivity index (χ1n) is 5.96. The number of nitrogens with two attached hydrogens (primary N) is 1. The zero-order chi connectivity index (χ0) is 14.0. The number of amidine groups is 1. The SMILES string of the molecule is Cc1[nH]ncc1S(=O)(=O)N1CCN(CC(=N)N)CC1. The monoisotopic (exact) mass is 286 g/mol. The van der Waals surface area contributed by atoms with Gasteiger partial charge < -0.3 is 5.73 Å². The predicted octanol–water partition coefficient (Wildman–Crippen LogP) is -1.04. The molecule has 0 amide bonds. The molecule has 0 aromatic carbocycles. The van der Waals surface area contributed by atoms with Crippen molar-refractivity contribution in [1.82, 2.24) is 19.4 Å². The highest BCUT2D eigenvalue weighted by molar-refractivity contribution is 7.89. The summed E-state index contributed by atoms with van der Waals surface area (Å²) in [5.74, 6) is 0.0991. The number of hydrogen-bond donors (Lipinski definition) is 3. The molecule has 2 heterocycles. The van der Waals surface area contributed by atoms with E-state index in [-0.39, 0.29) is 10.7 Å². The molecule has 1 fully saturated rings. The molecule has 0 saturated carbocycles. The van der Waals surface area contributed by atoms with Crippen LogP contribution in [0.2, 0.25) is 0 Å². The van der Waals surface area contributed by atoms with Gasteiger partial charge in [-0.2, -0.15) is 9.40 Å². The van der Waals surface area contributed by atoms with E-state index in [4.69, 9.17) is 11.1 Å². The topological polar surface area (TPSA) is 119 Å². The summed E-state index contributed by atoms with van der Waals surface area (Å²) in [6.45, 7) is 4.04. The van der Waals surface area contributed by atoms with Crippen LogP contribution in [-0.2, 0) is 10.0 Å². The van der Waals surface area contributed by atoms with Gasteiger partial charge in [0.2, 0.25) is 10.0 Å². The van der Waals surface area contributed by atoms with E-state index in [9.17, 15) is 8.42 Å².